The molecule has 2 aromatic rings. The number of hydrogen-bond acceptors (Lipinski definition) is 8. The first kappa shape index (κ1) is 20.9. The second kappa shape index (κ2) is 9.60. The van der Waals surface area contributed by atoms with Crippen molar-refractivity contribution in [3.63, 3.8) is 0 Å². The number of rotatable bonds is 7. The molecule has 1 saturated heterocycles. The molecule has 2 heterocycles. The van der Waals surface area contributed by atoms with Crippen molar-refractivity contribution in [2.75, 3.05) is 39.2 Å². The van der Waals surface area contributed by atoms with Crippen molar-refractivity contribution in [3.8, 4) is 11.5 Å². The highest BCUT2D eigenvalue weighted by atomic mass is 32.1. The van der Waals surface area contributed by atoms with Crippen LogP contribution < -0.4 is 14.8 Å². The maximum Gasteiger partial charge on any atom is 0.309 e. The average molecular weight is 420 g/mol. The molecule has 1 fully saturated rings. The van der Waals surface area contributed by atoms with Crippen LogP contribution in [0.4, 0.5) is 10.8 Å². The van der Waals surface area contributed by atoms with Crippen LogP contribution >= 0.6 is 11.3 Å². The first-order valence-electron chi connectivity index (χ1n) is 9.46. The highest BCUT2D eigenvalue weighted by Crippen LogP contribution is 2.32. The Labute approximate surface area is 173 Å². The average Bonchev–Trinajstić information content (AvgIpc) is 3.22. The van der Waals surface area contributed by atoms with E-state index in [2.05, 4.69) is 10.3 Å². The summed E-state index contributed by atoms with van der Waals surface area (Å²) in [5, 5.41) is 5.51. The Kier molecular flexibility index (Phi) is 6.92. The van der Waals surface area contributed by atoms with Gasteiger partial charge in [0.2, 0.25) is 0 Å². The van der Waals surface area contributed by atoms with Crippen molar-refractivity contribution in [2.45, 2.75) is 19.8 Å². The van der Waals surface area contributed by atoms with E-state index in [1.54, 1.807) is 37.5 Å². The smallest absolute Gasteiger partial charge is 0.309 e. The number of amides is 1. The number of nitrogens with one attached hydrogen (secondary N) is 1. The van der Waals surface area contributed by atoms with Crippen molar-refractivity contribution in [3.05, 3.63) is 29.3 Å². The van der Waals surface area contributed by atoms with E-state index >= 15 is 0 Å². The van der Waals surface area contributed by atoms with Gasteiger partial charge in [-0.3, -0.25) is 9.59 Å². The topological polar surface area (TPSA) is 90.0 Å². The number of piperidine rings is 1. The summed E-state index contributed by atoms with van der Waals surface area (Å²) < 4.78 is 15.7. The zero-order chi connectivity index (χ0) is 20.8. The van der Waals surface area contributed by atoms with Gasteiger partial charge in [-0.2, -0.15) is 0 Å². The first-order chi connectivity index (χ1) is 14.0. The fourth-order valence-corrected chi connectivity index (χ4v) is 3.88. The number of carbonyl (C=O) groups excluding carboxylic acids is 2. The van der Waals surface area contributed by atoms with Crippen molar-refractivity contribution < 1.29 is 23.8 Å². The molecule has 0 saturated carbocycles. The molecule has 1 amide bonds. The molecule has 1 aliphatic heterocycles. The van der Waals surface area contributed by atoms with Crippen LogP contribution in [0.2, 0.25) is 0 Å². The standard InChI is InChI=1S/C20H25N3O5S/c1-4-28-19(25)13-7-9-23(10-8-13)18(24)16-12-29-20(22-16)21-15-6-5-14(26-2)11-17(15)27-3/h5-6,11-13H,4,7-10H2,1-3H3,(H,21,22). The van der Waals surface area contributed by atoms with E-state index in [4.69, 9.17) is 14.2 Å². The molecule has 1 aromatic heterocycles. The highest BCUT2D eigenvalue weighted by Gasteiger charge is 2.29. The third-order valence-electron chi connectivity index (χ3n) is 4.78. The van der Waals surface area contributed by atoms with Gasteiger partial charge in [0.25, 0.3) is 5.91 Å². The van der Waals surface area contributed by atoms with Gasteiger partial charge in [0.1, 0.15) is 17.2 Å². The van der Waals surface area contributed by atoms with E-state index < -0.39 is 0 Å². The minimum Gasteiger partial charge on any atom is -0.497 e. The Morgan fingerprint density at radius 1 is 1.24 bits per heavy atom. The van der Waals surface area contributed by atoms with Gasteiger partial charge < -0.3 is 24.4 Å². The van der Waals surface area contributed by atoms with Crippen LogP contribution in [0.25, 0.3) is 0 Å². The van der Waals surface area contributed by atoms with Gasteiger partial charge in [0.15, 0.2) is 5.13 Å². The number of methoxy groups -OCH3 is 2. The van der Waals surface area contributed by atoms with E-state index in [0.717, 1.165) is 5.69 Å². The number of benzene rings is 1. The third kappa shape index (κ3) is 4.97. The van der Waals surface area contributed by atoms with E-state index in [1.807, 2.05) is 12.1 Å². The molecule has 0 spiro atoms. The number of esters is 1. The molecule has 1 aromatic carbocycles. The summed E-state index contributed by atoms with van der Waals surface area (Å²) >= 11 is 1.35. The molecule has 156 valence electrons. The molecule has 1 N–H and O–H groups in total. The van der Waals surface area contributed by atoms with Crippen molar-refractivity contribution in [1.82, 2.24) is 9.88 Å². The largest absolute Gasteiger partial charge is 0.497 e. The highest BCUT2D eigenvalue weighted by molar-refractivity contribution is 7.14. The minimum atomic E-state index is -0.173. The number of hydrogen-bond donors (Lipinski definition) is 1. The van der Waals surface area contributed by atoms with E-state index in [-0.39, 0.29) is 17.8 Å². The number of likely N-dealkylation sites (tertiary alicyclic amines) is 1. The third-order valence-corrected chi connectivity index (χ3v) is 5.53. The number of anilines is 2. The van der Waals surface area contributed by atoms with Gasteiger partial charge in [-0.05, 0) is 31.9 Å². The molecule has 0 bridgehead atoms. The monoisotopic (exact) mass is 419 g/mol. The van der Waals surface area contributed by atoms with Gasteiger partial charge >= 0.3 is 5.97 Å². The summed E-state index contributed by atoms with van der Waals surface area (Å²) in [6.45, 7) is 3.22. The maximum absolute atomic E-state index is 12.8. The quantitative estimate of drug-likeness (QED) is 0.689. The number of carbonyl (C=O) groups is 2. The predicted octanol–water partition coefficient (Wildman–Crippen LogP) is 3.32. The molecule has 0 unspecified atom stereocenters. The van der Waals surface area contributed by atoms with Crippen LogP contribution in [0.5, 0.6) is 11.5 Å². The lowest BCUT2D eigenvalue weighted by Gasteiger charge is -2.30. The molecule has 9 heteroatoms. The summed E-state index contributed by atoms with van der Waals surface area (Å²) in [6, 6.07) is 5.43. The fraction of sp³-hybridized carbons (Fsp3) is 0.450. The molecule has 3 rings (SSSR count). The van der Waals surface area contributed by atoms with Crippen molar-refractivity contribution in [2.24, 2.45) is 5.92 Å². The van der Waals surface area contributed by atoms with Gasteiger partial charge in [0, 0.05) is 24.5 Å². The normalized spacial score (nSPS) is 14.4. The molecule has 1 aliphatic rings. The van der Waals surface area contributed by atoms with E-state index in [0.29, 0.717) is 54.9 Å². The van der Waals surface area contributed by atoms with Gasteiger partial charge in [-0.25, -0.2) is 4.98 Å². The lowest BCUT2D eigenvalue weighted by Crippen LogP contribution is -2.40. The zero-order valence-corrected chi connectivity index (χ0v) is 17.6. The Balaban J connectivity index is 1.62. The predicted molar refractivity (Wildman–Crippen MR) is 110 cm³/mol. The van der Waals surface area contributed by atoms with E-state index in [1.165, 1.54) is 11.3 Å². The lowest BCUT2D eigenvalue weighted by molar-refractivity contribution is -0.149. The summed E-state index contributed by atoms with van der Waals surface area (Å²) in [4.78, 5) is 30.8. The van der Waals surface area contributed by atoms with Crippen LogP contribution in [-0.2, 0) is 9.53 Å². The minimum absolute atomic E-state index is 0.127. The Morgan fingerprint density at radius 3 is 2.66 bits per heavy atom. The fourth-order valence-electron chi connectivity index (χ4n) is 3.19. The van der Waals surface area contributed by atoms with Crippen LogP contribution in [0.3, 0.4) is 0 Å². The number of thiazole rings is 1. The van der Waals surface area contributed by atoms with Crippen LogP contribution in [-0.4, -0.2) is 55.7 Å². The van der Waals surface area contributed by atoms with Gasteiger partial charge in [-0.1, -0.05) is 0 Å². The SMILES string of the molecule is CCOC(=O)C1CCN(C(=O)c2csc(Nc3ccc(OC)cc3OC)n2)CC1. The maximum atomic E-state index is 12.8. The molecule has 29 heavy (non-hydrogen) atoms. The lowest BCUT2D eigenvalue weighted by atomic mass is 9.97. The van der Waals surface area contributed by atoms with E-state index in [9.17, 15) is 9.59 Å². The van der Waals surface area contributed by atoms with Crippen LogP contribution in [0.15, 0.2) is 23.6 Å². The number of nitrogens with zero attached hydrogens (tertiary/aromatic N) is 2. The Bertz CT molecular complexity index is 862. The summed E-state index contributed by atoms with van der Waals surface area (Å²) in [7, 11) is 3.17. The first-order valence-corrected chi connectivity index (χ1v) is 10.3. The number of aromatic nitrogens is 1. The summed E-state index contributed by atoms with van der Waals surface area (Å²) in [6.07, 6.45) is 1.23. The Morgan fingerprint density at radius 2 is 2.00 bits per heavy atom. The summed E-state index contributed by atoms with van der Waals surface area (Å²) in [5.74, 6) is 0.878. The molecular formula is C20H25N3O5S. The van der Waals surface area contributed by atoms with Gasteiger partial charge in [0.05, 0.1) is 32.4 Å². The van der Waals surface area contributed by atoms with Crippen LogP contribution in [0, 0.1) is 5.92 Å². The number of ether oxygens (including phenoxy) is 3. The van der Waals surface area contributed by atoms with Gasteiger partial charge in [-0.15, -0.1) is 11.3 Å². The van der Waals surface area contributed by atoms with Crippen LogP contribution in [0.1, 0.15) is 30.3 Å². The molecule has 0 radical (unpaired) electrons. The molecular weight excluding hydrogens is 394 g/mol. The Hall–Kier alpha value is -2.81. The molecule has 8 nitrogen and oxygen atoms in total. The van der Waals surface area contributed by atoms with Crippen molar-refractivity contribution >= 4 is 34.0 Å². The zero-order valence-electron chi connectivity index (χ0n) is 16.8. The second-order valence-corrected chi connectivity index (χ2v) is 7.41. The molecule has 0 atom stereocenters. The molecule has 0 aliphatic carbocycles. The van der Waals surface area contributed by atoms with Crippen molar-refractivity contribution in [1.29, 1.82) is 0 Å². The second-order valence-electron chi connectivity index (χ2n) is 6.55. The summed E-state index contributed by atoms with van der Waals surface area (Å²) in [5.41, 5.74) is 1.12.